The fraction of sp³-hybridized carbons (Fsp3) is 0.318. The normalized spacial score (nSPS) is 17.1. The van der Waals surface area contributed by atoms with Crippen molar-refractivity contribution in [3.05, 3.63) is 75.8 Å². The van der Waals surface area contributed by atoms with Crippen LogP contribution in [0.15, 0.2) is 58.2 Å². The van der Waals surface area contributed by atoms with Gasteiger partial charge in [0, 0.05) is 30.8 Å². The van der Waals surface area contributed by atoms with Crippen molar-refractivity contribution in [1.29, 1.82) is 0 Å². The highest BCUT2D eigenvalue weighted by molar-refractivity contribution is 7.89. The molecule has 1 aliphatic rings. The van der Waals surface area contributed by atoms with Crippen LogP contribution in [0, 0.1) is 12.7 Å². The number of H-pyrrole nitrogens is 1. The highest BCUT2D eigenvalue weighted by Gasteiger charge is 2.30. The molecule has 2 aromatic carbocycles. The predicted molar refractivity (Wildman–Crippen MR) is 112 cm³/mol. The third-order valence-electron chi connectivity index (χ3n) is 5.31. The topological polar surface area (TPSA) is 79.5 Å². The molecule has 158 valence electrons. The molecule has 0 unspecified atom stereocenters. The van der Waals surface area contributed by atoms with E-state index < -0.39 is 15.8 Å². The van der Waals surface area contributed by atoms with E-state index in [0.29, 0.717) is 17.7 Å². The molecule has 8 heteroatoms. The van der Waals surface area contributed by atoms with Crippen LogP contribution < -0.4 is 5.56 Å². The summed E-state index contributed by atoms with van der Waals surface area (Å²) in [6.45, 7) is 2.57. The molecule has 6 nitrogen and oxygen atoms in total. The zero-order valence-electron chi connectivity index (χ0n) is 16.6. The van der Waals surface area contributed by atoms with Gasteiger partial charge in [-0.05, 0) is 67.6 Å². The van der Waals surface area contributed by atoms with Crippen molar-refractivity contribution in [1.82, 2.24) is 9.29 Å². The molecule has 1 aromatic heterocycles. The summed E-state index contributed by atoms with van der Waals surface area (Å²) in [5.74, 6) is -0.513. The SMILES string of the molecule is Cc1ccc2[nH]c(=O)c(CN(C[C@@H]3CCCO3)S(=O)(=O)c3ccc(F)cc3)cc2c1. The van der Waals surface area contributed by atoms with Gasteiger partial charge in [0.15, 0.2) is 0 Å². The number of nitrogens with zero attached hydrogens (tertiary/aromatic N) is 1. The minimum absolute atomic E-state index is 0.0186. The number of halogens is 1. The number of hydrogen-bond donors (Lipinski definition) is 1. The van der Waals surface area contributed by atoms with Crippen molar-refractivity contribution in [2.45, 2.75) is 37.3 Å². The lowest BCUT2D eigenvalue weighted by atomic mass is 10.1. The van der Waals surface area contributed by atoms with Crippen molar-refractivity contribution in [2.75, 3.05) is 13.2 Å². The van der Waals surface area contributed by atoms with E-state index in [2.05, 4.69) is 4.98 Å². The van der Waals surface area contributed by atoms with E-state index in [9.17, 15) is 17.6 Å². The number of sulfonamides is 1. The molecule has 3 aromatic rings. The summed E-state index contributed by atoms with van der Waals surface area (Å²) in [6, 6.07) is 12.1. The van der Waals surface area contributed by atoms with E-state index in [1.54, 1.807) is 6.07 Å². The summed E-state index contributed by atoms with van der Waals surface area (Å²) in [5.41, 5.74) is 1.74. The average molecular weight is 431 g/mol. The molecule has 2 heterocycles. The number of hydrogen-bond acceptors (Lipinski definition) is 4. The Kier molecular flexibility index (Phi) is 5.73. The summed E-state index contributed by atoms with van der Waals surface area (Å²) < 4.78 is 46.8. The summed E-state index contributed by atoms with van der Waals surface area (Å²) in [4.78, 5) is 15.4. The zero-order chi connectivity index (χ0) is 21.3. The number of aryl methyl sites for hydroxylation is 1. The van der Waals surface area contributed by atoms with Crippen LogP contribution in [-0.4, -0.2) is 37.0 Å². The number of benzene rings is 2. The lowest BCUT2D eigenvalue weighted by molar-refractivity contribution is 0.0925. The van der Waals surface area contributed by atoms with Crippen molar-refractivity contribution in [3.63, 3.8) is 0 Å². The fourth-order valence-electron chi connectivity index (χ4n) is 3.70. The van der Waals surface area contributed by atoms with E-state index in [1.807, 2.05) is 25.1 Å². The molecule has 0 spiro atoms. The Bertz CT molecular complexity index is 1220. The van der Waals surface area contributed by atoms with Crippen molar-refractivity contribution < 1.29 is 17.5 Å². The van der Waals surface area contributed by atoms with Gasteiger partial charge in [0.25, 0.3) is 5.56 Å². The highest BCUT2D eigenvalue weighted by atomic mass is 32.2. The largest absolute Gasteiger partial charge is 0.377 e. The molecule has 1 aliphatic heterocycles. The second-order valence-corrected chi connectivity index (χ2v) is 9.54. The fourth-order valence-corrected chi connectivity index (χ4v) is 5.15. The van der Waals surface area contributed by atoms with Gasteiger partial charge in [0.1, 0.15) is 5.82 Å². The Labute approximate surface area is 174 Å². The first-order valence-corrected chi connectivity index (χ1v) is 11.3. The van der Waals surface area contributed by atoms with Gasteiger partial charge in [-0.3, -0.25) is 4.79 Å². The minimum Gasteiger partial charge on any atom is -0.377 e. The number of aromatic amines is 1. The van der Waals surface area contributed by atoms with Crippen LogP contribution >= 0.6 is 0 Å². The molecule has 0 amide bonds. The van der Waals surface area contributed by atoms with Gasteiger partial charge < -0.3 is 9.72 Å². The van der Waals surface area contributed by atoms with Gasteiger partial charge in [-0.1, -0.05) is 11.6 Å². The van der Waals surface area contributed by atoms with Crippen LogP contribution in [-0.2, 0) is 21.3 Å². The summed E-state index contributed by atoms with van der Waals surface area (Å²) in [5, 5.41) is 0.834. The third-order valence-corrected chi connectivity index (χ3v) is 7.13. The number of aromatic nitrogens is 1. The van der Waals surface area contributed by atoms with E-state index in [4.69, 9.17) is 4.74 Å². The Morgan fingerprint density at radius 3 is 2.63 bits per heavy atom. The van der Waals surface area contributed by atoms with E-state index in [0.717, 1.165) is 35.9 Å². The molecule has 0 saturated carbocycles. The Morgan fingerprint density at radius 2 is 1.93 bits per heavy atom. The molecule has 1 N–H and O–H groups in total. The van der Waals surface area contributed by atoms with Crippen molar-refractivity contribution in [2.24, 2.45) is 0 Å². The molecule has 0 bridgehead atoms. The van der Waals surface area contributed by atoms with Crippen LogP contribution in [0.5, 0.6) is 0 Å². The Balaban J connectivity index is 1.72. The number of pyridine rings is 1. The third kappa shape index (κ3) is 4.30. The second kappa shape index (κ2) is 8.29. The van der Waals surface area contributed by atoms with Gasteiger partial charge >= 0.3 is 0 Å². The zero-order valence-corrected chi connectivity index (χ0v) is 17.4. The first-order valence-electron chi connectivity index (χ1n) is 9.83. The van der Waals surface area contributed by atoms with Crippen LogP contribution in [0.1, 0.15) is 24.0 Å². The molecule has 1 fully saturated rings. The van der Waals surface area contributed by atoms with Crippen molar-refractivity contribution >= 4 is 20.9 Å². The molecule has 30 heavy (non-hydrogen) atoms. The van der Waals surface area contributed by atoms with Gasteiger partial charge in [-0.25, -0.2) is 12.8 Å². The van der Waals surface area contributed by atoms with E-state index in [-0.39, 0.29) is 29.6 Å². The first-order chi connectivity index (χ1) is 14.3. The van der Waals surface area contributed by atoms with Crippen LogP contribution in [0.3, 0.4) is 0 Å². The molecule has 0 radical (unpaired) electrons. The van der Waals surface area contributed by atoms with Gasteiger partial charge in [-0.2, -0.15) is 4.31 Å². The Morgan fingerprint density at radius 1 is 1.17 bits per heavy atom. The monoisotopic (exact) mass is 430 g/mol. The molecule has 1 atom stereocenters. The highest BCUT2D eigenvalue weighted by Crippen LogP contribution is 2.23. The first kappa shape index (κ1) is 20.7. The molecular formula is C22H23FN2O4S. The molecule has 0 aliphatic carbocycles. The number of rotatable bonds is 6. The Hall–Kier alpha value is -2.55. The van der Waals surface area contributed by atoms with Gasteiger partial charge in [0.2, 0.25) is 10.0 Å². The molecular weight excluding hydrogens is 407 g/mol. The maximum Gasteiger partial charge on any atom is 0.252 e. The molecule has 4 rings (SSSR count). The lowest BCUT2D eigenvalue weighted by Crippen LogP contribution is -2.38. The smallest absolute Gasteiger partial charge is 0.252 e. The van der Waals surface area contributed by atoms with E-state index >= 15 is 0 Å². The predicted octanol–water partition coefficient (Wildman–Crippen LogP) is 3.35. The average Bonchev–Trinajstić information content (AvgIpc) is 3.22. The summed E-state index contributed by atoms with van der Waals surface area (Å²) in [7, 11) is -3.95. The number of ether oxygens (including phenoxy) is 1. The summed E-state index contributed by atoms with van der Waals surface area (Å²) >= 11 is 0. The summed E-state index contributed by atoms with van der Waals surface area (Å²) in [6.07, 6.45) is 1.38. The second-order valence-electron chi connectivity index (χ2n) is 7.60. The van der Waals surface area contributed by atoms with Crippen molar-refractivity contribution in [3.8, 4) is 0 Å². The maximum absolute atomic E-state index is 13.3. The number of fused-ring (bicyclic) bond motifs is 1. The van der Waals surface area contributed by atoms with Crippen LogP contribution in [0.25, 0.3) is 10.9 Å². The maximum atomic E-state index is 13.3. The standard InChI is InChI=1S/C22H23FN2O4S/c1-15-4-9-21-16(11-15)12-17(22(26)24-21)13-25(14-19-3-2-10-29-19)30(27,28)20-7-5-18(23)6-8-20/h4-9,11-12,19H,2-3,10,13-14H2,1H3,(H,24,26)/t19-/m0/s1. The van der Waals surface area contributed by atoms with Gasteiger partial charge in [0.05, 0.1) is 11.0 Å². The van der Waals surface area contributed by atoms with Crippen LogP contribution in [0.4, 0.5) is 4.39 Å². The number of nitrogens with one attached hydrogen (secondary N) is 1. The van der Waals surface area contributed by atoms with E-state index in [1.165, 1.54) is 16.4 Å². The minimum atomic E-state index is -3.95. The van der Waals surface area contributed by atoms with Crippen LogP contribution in [0.2, 0.25) is 0 Å². The lowest BCUT2D eigenvalue weighted by Gasteiger charge is -2.25. The quantitative estimate of drug-likeness (QED) is 0.651. The van der Waals surface area contributed by atoms with Gasteiger partial charge in [-0.15, -0.1) is 0 Å². The molecule has 1 saturated heterocycles.